The molecule has 1 saturated heterocycles. The van der Waals surface area contributed by atoms with Gasteiger partial charge in [-0.05, 0) is 26.2 Å². The number of aromatic nitrogens is 4. The molecular formula is C13H19N7S. The van der Waals surface area contributed by atoms with Crippen LogP contribution in [0.25, 0.3) is 0 Å². The zero-order valence-electron chi connectivity index (χ0n) is 12.0. The molecule has 2 aromatic rings. The third-order valence-corrected chi connectivity index (χ3v) is 4.41. The number of piperidine rings is 1. The molecule has 8 heteroatoms. The van der Waals surface area contributed by atoms with Crippen molar-refractivity contribution in [1.29, 1.82) is 0 Å². The van der Waals surface area contributed by atoms with Gasteiger partial charge < -0.3 is 16.0 Å². The van der Waals surface area contributed by atoms with Gasteiger partial charge in [-0.2, -0.15) is 15.0 Å². The number of thiazole rings is 1. The number of nitrogen functional groups attached to an aromatic ring is 1. The van der Waals surface area contributed by atoms with Crippen LogP contribution in [0.4, 0.5) is 17.8 Å². The first kappa shape index (κ1) is 14.0. The first-order valence-electron chi connectivity index (χ1n) is 7.15. The summed E-state index contributed by atoms with van der Waals surface area (Å²) in [7, 11) is 0. The van der Waals surface area contributed by atoms with Crippen molar-refractivity contribution in [2.75, 3.05) is 29.0 Å². The Morgan fingerprint density at radius 2 is 2.05 bits per heavy atom. The van der Waals surface area contributed by atoms with Crippen LogP contribution in [-0.2, 0) is 0 Å². The summed E-state index contributed by atoms with van der Waals surface area (Å²) in [5, 5.41) is 6.19. The van der Waals surface area contributed by atoms with E-state index < -0.39 is 0 Å². The number of rotatable bonds is 4. The first-order valence-corrected chi connectivity index (χ1v) is 8.03. The van der Waals surface area contributed by atoms with Crippen LogP contribution in [0.5, 0.6) is 0 Å². The second-order valence-corrected chi connectivity index (χ2v) is 6.03. The lowest BCUT2D eigenvalue weighted by Crippen LogP contribution is -2.31. The maximum Gasteiger partial charge on any atom is 0.231 e. The van der Waals surface area contributed by atoms with E-state index in [1.165, 1.54) is 19.3 Å². The van der Waals surface area contributed by atoms with Crippen LogP contribution < -0.4 is 16.0 Å². The van der Waals surface area contributed by atoms with Gasteiger partial charge in [0.15, 0.2) is 0 Å². The van der Waals surface area contributed by atoms with Gasteiger partial charge in [0.2, 0.25) is 17.8 Å². The fraction of sp³-hybridized carbons (Fsp3) is 0.538. The van der Waals surface area contributed by atoms with Crippen molar-refractivity contribution in [3.8, 4) is 0 Å². The number of nitrogens with one attached hydrogen (secondary N) is 1. The van der Waals surface area contributed by atoms with E-state index in [0.717, 1.165) is 18.1 Å². The lowest BCUT2D eigenvalue weighted by Gasteiger charge is -2.26. The fourth-order valence-corrected chi connectivity index (χ4v) is 3.03. The van der Waals surface area contributed by atoms with E-state index in [1.807, 2.05) is 12.3 Å². The summed E-state index contributed by atoms with van der Waals surface area (Å²) < 4.78 is 0. The smallest absolute Gasteiger partial charge is 0.231 e. The Balaban J connectivity index is 1.77. The molecule has 0 amide bonds. The Labute approximate surface area is 127 Å². The van der Waals surface area contributed by atoms with Gasteiger partial charge in [0, 0.05) is 24.7 Å². The highest BCUT2D eigenvalue weighted by molar-refractivity contribution is 7.09. The minimum Gasteiger partial charge on any atom is -0.368 e. The van der Waals surface area contributed by atoms with Gasteiger partial charge in [0.05, 0.1) is 6.04 Å². The van der Waals surface area contributed by atoms with Gasteiger partial charge in [0.25, 0.3) is 0 Å². The molecule has 1 unspecified atom stereocenters. The van der Waals surface area contributed by atoms with Gasteiger partial charge in [0.1, 0.15) is 5.01 Å². The molecule has 0 saturated carbocycles. The summed E-state index contributed by atoms with van der Waals surface area (Å²) in [5.74, 6) is 1.42. The normalized spacial score (nSPS) is 16.7. The zero-order chi connectivity index (χ0) is 14.7. The van der Waals surface area contributed by atoms with E-state index in [2.05, 4.69) is 30.2 Å². The Hall–Kier alpha value is -1.96. The topological polar surface area (TPSA) is 92.8 Å². The summed E-state index contributed by atoms with van der Waals surface area (Å²) in [6.45, 7) is 3.98. The van der Waals surface area contributed by atoms with Gasteiger partial charge in [-0.15, -0.1) is 11.3 Å². The monoisotopic (exact) mass is 305 g/mol. The molecule has 0 aliphatic carbocycles. The minimum absolute atomic E-state index is 0.0426. The highest BCUT2D eigenvalue weighted by atomic mass is 32.1. The molecular weight excluding hydrogens is 286 g/mol. The summed E-state index contributed by atoms with van der Waals surface area (Å²) in [6.07, 6.45) is 5.40. The molecule has 0 spiro atoms. The molecule has 1 atom stereocenters. The number of hydrogen-bond donors (Lipinski definition) is 2. The van der Waals surface area contributed by atoms with Crippen LogP contribution in [-0.4, -0.2) is 33.0 Å². The second-order valence-electron chi connectivity index (χ2n) is 5.10. The van der Waals surface area contributed by atoms with Crippen LogP contribution in [0.15, 0.2) is 11.6 Å². The van der Waals surface area contributed by atoms with Crippen molar-refractivity contribution in [3.05, 3.63) is 16.6 Å². The second kappa shape index (κ2) is 6.21. The van der Waals surface area contributed by atoms with E-state index in [4.69, 9.17) is 5.73 Å². The van der Waals surface area contributed by atoms with Crippen molar-refractivity contribution in [2.45, 2.75) is 32.2 Å². The molecule has 0 radical (unpaired) electrons. The first-order chi connectivity index (χ1) is 10.2. The Morgan fingerprint density at radius 3 is 2.76 bits per heavy atom. The molecule has 1 aliphatic rings. The molecule has 21 heavy (non-hydrogen) atoms. The Bertz CT molecular complexity index is 580. The van der Waals surface area contributed by atoms with Gasteiger partial charge in [-0.3, -0.25) is 0 Å². The zero-order valence-corrected chi connectivity index (χ0v) is 12.8. The summed E-state index contributed by atoms with van der Waals surface area (Å²) in [6, 6.07) is 0.0426. The Kier molecular flexibility index (Phi) is 4.14. The van der Waals surface area contributed by atoms with Crippen molar-refractivity contribution in [3.63, 3.8) is 0 Å². The fourth-order valence-electron chi connectivity index (χ4n) is 2.38. The van der Waals surface area contributed by atoms with Crippen LogP contribution in [0, 0.1) is 0 Å². The van der Waals surface area contributed by atoms with Crippen LogP contribution in [0.3, 0.4) is 0 Å². The maximum atomic E-state index is 5.82. The molecule has 2 aromatic heterocycles. The lowest BCUT2D eigenvalue weighted by atomic mass is 10.1. The van der Waals surface area contributed by atoms with Gasteiger partial charge in [-0.1, -0.05) is 0 Å². The Morgan fingerprint density at radius 1 is 1.24 bits per heavy atom. The molecule has 3 N–H and O–H groups in total. The molecule has 0 bridgehead atoms. The van der Waals surface area contributed by atoms with E-state index in [-0.39, 0.29) is 12.0 Å². The molecule has 1 fully saturated rings. The van der Waals surface area contributed by atoms with Crippen LogP contribution >= 0.6 is 11.3 Å². The molecule has 112 valence electrons. The minimum atomic E-state index is 0.0426. The van der Waals surface area contributed by atoms with E-state index in [9.17, 15) is 0 Å². The molecule has 1 aliphatic heterocycles. The number of nitrogens with zero attached hydrogens (tertiary/aromatic N) is 5. The molecule has 3 heterocycles. The third kappa shape index (κ3) is 3.38. The average Bonchev–Trinajstić information content (AvgIpc) is 3.02. The van der Waals surface area contributed by atoms with Gasteiger partial charge >= 0.3 is 0 Å². The standard InChI is InChI=1S/C13H19N7S/c1-9(10-15-5-8-21-10)16-12-17-11(14)18-13(19-12)20-6-3-2-4-7-20/h5,8-9H,2-4,6-7H2,1H3,(H3,14,16,17,18,19). The van der Waals surface area contributed by atoms with E-state index in [0.29, 0.717) is 11.9 Å². The van der Waals surface area contributed by atoms with Crippen molar-refractivity contribution in [2.24, 2.45) is 0 Å². The average molecular weight is 305 g/mol. The third-order valence-electron chi connectivity index (χ3n) is 3.45. The van der Waals surface area contributed by atoms with Crippen molar-refractivity contribution in [1.82, 2.24) is 19.9 Å². The molecule has 7 nitrogen and oxygen atoms in total. The van der Waals surface area contributed by atoms with E-state index >= 15 is 0 Å². The number of anilines is 3. The van der Waals surface area contributed by atoms with Gasteiger partial charge in [-0.25, -0.2) is 4.98 Å². The van der Waals surface area contributed by atoms with Crippen molar-refractivity contribution >= 4 is 29.2 Å². The summed E-state index contributed by atoms with van der Waals surface area (Å²) >= 11 is 1.60. The highest BCUT2D eigenvalue weighted by Crippen LogP contribution is 2.21. The summed E-state index contributed by atoms with van der Waals surface area (Å²) in [5.41, 5.74) is 5.82. The SMILES string of the molecule is CC(Nc1nc(N)nc(N2CCCCC2)n1)c1nccs1. The predicted octanol–water partition coefficient (Wildman–Crippen LogP) is 2.07. The maximum absolute atomic E-state index is 5.82. The molecule has 0 aromatic carbocycles. The van der Waals surface area contributed by atoms with Crippen molar-refractivity contribution < 1.29 is 0 Å². The largest absolute Gasteiger partial charge is 0.368 e. The van der Waals surface area contributed by atoms with Crippen LogP contribution in [0.1, 0.15) is 37.2 Å². The van der Waals surface area contributed by atoms with Crippen LogP contribution in [0.2, 0.25) is 0 Å². The quantitative estimate of drug-likeness (QED) is 0.893. The summed E-state index contributed by atoms with van der Waals surface area (Å²) in [4.78, 5) is 19.4. The van der Waals surface area contributed by atoms with E-state index in [1.54, 1.807) is 17.5 Å². The lowest BCUT2D eigenvalue weighted by molar-refractivity contribution is 0.568. The molecule has 3 rings (SSSR count). The highest BCUT2D eigenvalue weighted by Gasteiger charge is 2.17. The number of nitrogens with two attached hydrogens (primary N) is 1. The number of hydrogen-bond acceptors (Lipinski definition) is 8. The predicted molar refractivity (Wildman–Crippen MR) is 84.5 cm³/mol.